The van der Waals surface area contributed by atoms with Gasteiger partial charge in [0, 0.05) is 35.3 Å². The van der Waals surface area contributed by atoms with E-state index in [1.165, 1.54) is 18.3 Å². The van der Waals surface area contributed by atoms with Gasteiger partial charge in [-0.3, -0.25) is 9.59 Å². The molecule has 2 aromatic carbocycles. The number of nitrogens with one attached hydrogen (secondary N) is 3. The molecule has 0 spiro atoms. The summed E-state index contributed by atoms with van der Waals surface area (Å²) in [6.45, 7) is 1.44. The standard InChI is InChI=1S/C21H17N5O2S/c1-13(27)23-15-6-8-16(9-7-15)24-20(28)18-12-29-21(25-18)26-19-17-5-3-2-4-14(17)10-11-22-19/h2-12H,1H3,(H,23,27)(H,24,28)(H,22,25,26). The normalized spacial score (nSPS) is 10.5. The van der Waals surface area contributed by atoms with Gasteiger partial charge in [0.1, 0.15) is 11.5 Å². The Hall–Kier alpha value is -3.78. The third-order valence-corrected chi connectivity index (χ3v) is 4.86. The lowest BCUT2D eigenvalue weighted by Crippen LogP contribution is -2.12. The van der Waals surface area contributed by atoms with Gasteiger partial charge in [-0.15, -0.1) is 11.3 Å². The lowest BCUT2D eigenvalue weighted by Gasteiger charge is -2.06. The fraction of sp³-hybridized carbons (Fsp3) is 0.0476. The predicted octanol–water partition coefficient (Wildman–Crippen LogP) is 4.65. The van der Waals surface area contributed by atoms with E-state index in [2.05, 4.69) is 25.9 Å². The molecule has 0 unspecified atom stereocenters. The van der Waals surface area contributed by atoms with Crippen LogP contribution in [-0.2, 0) is 4.79 Å². The van der Waals surface area contributed by atoms with Crippen molar-refractivity contribution in [3.8, 4) is 0 Å². The summed E-state index contributed by atoms with van der Waals surface area (Å²) in [5.74, 6) is 0.232. The number of aromatic nitrogens is 2. The maximum atomic E-state index is 12.5. The molecule has 2 amide bonds. The van der Waals surface area contributed by atoms with Crippen LogP contribution in [0.15, 0.2) is 66.2 Å². The minimum absolute atomic E-state index is 0.148. The molecular formula is C21H17N5O2S. The molecule has 0 aliphatic carbocycles. The van der Waals surface area contributed by atoms with Gasteiger partial charge in [0.15, 0.2) is 5.13 Å². The first-order valence-electron chi connectivity index (χ1n) is 8.84. The molecule has 3 N–H and O–H groups in total. The van der Waals surface area contributed by atoms with Gasteiger partial charge < -0.3 is 16.0 Å². The monoisotopic (exact) mass is 403 g/mol. The molecule has 0 atom stereocenters. The van der Waals surface area contributed by atoms with Gasteiger partial charge in [0.25, 0.3) is 5.91 Å². The van der Waals surface area contributed by atoms with E-state index in [9.17, 15) is 9.59 Å². The quantitative estimate of drug-likeness (QED) is 0.451. The van der Waals surface area contributed by atoms with Crippen LogP contribution in [0.4, 0.5) is 22.3 Å². The van der Waals surface area contributed by atoms with E-state index >= 15 is 0 Å². The molecule has 7 nitrogen and oxygen atoms in total. The number of carbonyl (C=O) groups excluding carboxylic acids is 2. The third-order valence-electron chi connectivity index (χ3n) is 4.10. The molecule has 0 saturated heterocycles. The molecule has 4 aromatic rings. The van der Waals surface area contributed by atoms with Crippen LogP contribution < -0.4 is 16.0 Å². The Bertz CT molecular complexity index is 1180. The van der Waals surface area contributed by atoms with Crippen LogP contribution in [0, 0.1) is 0 Å². The largest absolute Gasteiger partial charge is 0.326 e. The number of thiazole rings is 1. The van der Waals surface area contributed by atoms with Crippen LogP contribution in [-0.4, -0.2) is 21.8 Å². The Labute approximate surface area is 170 Å². The molecule has 2 aromatic heterocycles. The van der Waals surface area contributed by atoms with Gasteiger partial charge in [0.05, 0.1) is 0 Å². The number of hydrogen-bond acceptors (Lipinski definition) is 6. The first-order chi connectivity index (χ1) is 14.1. The molecule has 0 bridgehead atoms. The second-order valence-corrected chi connectivity index (χ2v) is 7.11. The molecular weight excluding hydrogens is 386 g/mol. The summed E-state index contributed by atoms with van der Waals surface area (Å²) in [6, 6.07) is 16.7. The lowest BCUT2D eigenvalue weighted by atomic mass is 10.2. The number of rotatable bonds is 5. The maximum Gasteiger partial charge on any atom is 0.275 e. The molecule has 144 valence electrons. The van der Waals surface area contributed by atoms with E-state index in [-0.39, 0.29) is 11.8 Å². The number of nitrogens with zero attached hydrogens (tertiary/aromatic N) is 2. The van der Waals surface area contributed by atoms with Crippen LogP contribution in [0.5, 0.6) is 0 Å². The van der Waals surface area contributed by atoms with Crippen LogP contribution >= 0.6 is 11.3 Å². The molecule has 0 fully saturated rings. The highest BCUT2D eigenvalue weighted by atomic mass is 32.1. The Morgan fingerprint density at radius 1 is 0.931 bits per heavy atom. The summed E-state index contributed by atoms with van der Waals surface area (Å²) >= 11 is 1.33. The van der Waals surface area contributed by atoms with Crippen molar-refractivity contribution in [1.82, 2.24) is 9.97 Å². The number of hydrogen-bond donors (Lipinski definition) is 3. The van der Waals surface area contributed by atoms with Crippen molar-refractivity contribution in [2.45, 2.75) is 6.92 Å². The number of anilines is 4. The SMILES string of the molecule is CC(=O)Nc1ccc(NC(=O)c2csc(Nc3nccc4ccccc34)n2)cc1. The zero-order valence-corrected chi connectivity index (χ0v) is 16.3. The van der Waals surface area contributed by atoms with Crippen LogP contribution in [0.25, 0.3) is 10.8 Å². The van der Waals surface area contributed by atoms with Crippen LogP contribution in [0.3, 0.4) is 0 Å². The van der Waals surface area contributed by atoms with Gasteiger partial charge in [-0.25, -0.2) is 9.97 Å². The van der Waals surface area contributed by atoms with Gasteiger partial charge in [-0.2, -0.15) is 0 Å². The molecule has 2 heterocycles. The van der Waals surface area contributed by atoms with Crippen molar-refractivity contribution >= 4 is 56.2 Å². The number of carbonyl (C=O) groups is 2. The molecule has 29 heavy (non-hydrogen) atoms. The Balaban J connectivity index is 1.45. The van der Waals surface area contributed by atoms with Crippen molar-refractivity contribution in [2.24, 2.45) is 0 Å². The minimum Gasteiger partial charge on any atom is -0.326 e. The summed E-state index contributed by atoms with van der Waals surface area (Å²) in [7, 11) is 0. The average Bonchev–Trinajstić information content (AvgIpc) is 3.18. The van der Waals surface area contributed by atoms with Crippen molar-refractivity contribution in [2.75, 3.05) is 16.0 Å². The Morgan fingerprint density at radius 3 is 2.41 bits per heavy atom. The molecule has 8 heteroatoms. The van der Waals surface area contributed by atoms with Gasteiger partial charge in [-0.05, 0) is 35.7 Å². The Kier molecular flexibility index (Phi) is 5.17. The second-order valence-electron chi connectivity index (χ2n) is 6.26. The van der Waals surface area contributed by atoms with Gasteiger partial charge in [0.2, 0.25) is 5.91 Å². The fourth-order valence-electron chi connectivity index (χ4n) is 2.79. The predicted molar refractivity (Wildman–Crippen MR) is 116 cm³/mol. The third kappa shape index (κ3) is 4.39. The summed E-state index contributed by atoms with van der Waals surface area (Å²) in [4.78, 5) is 32.3. The zero-order valence-electron chi connectivity index (χ0n) is 15.5. The minimum atomic E-state index is -0.313. The van der Waals surface area contributed by atoms with Gasteiger partial charge in [-0.1, -0.05) is 24.3 Å². The number of amides is 2. The lowest BCUT2D eigenvalue weighted by molar-refractivity contribution is -0.114. The van der Waals surface area contributed by atoms with Crippen molar-refractivity contribution < 1.29 is 9.59 Å². The zero-order chi connectivity index (χ0) is 20.2. The summed E-state index contributed by atoms with van der Waals surface area (Å²) in [5, 5.41) is 13.0. The van der Waals surface area contributed by atoms with E-state index in [4.69, 9.17) is 0 Å². The van der Waals surface area contributed by atoms with Crippen LogP contribution in [0.2, 0.25) is 0 Å². The van der Waals surface area contributed by atoms with E-state index in [0.29, 0.717) is 28.0 Å². The number of pyridine rings is 1. The van der Waals surface area contributed by atoms with Crippen molar-refractivity contribution in [3.05, 3.63) is 71.9 Å². The van der Waals surface area contributed by atoms with Crippen molar-refractivity contribution in [3.63, 3.8) is 0 Å². The maximum absolute atomic E-state index is 12.5. The highest BCUT2D eigenvalue weighted by Crippen LogP contribution is 2.26. The van der Waals surface area contributed by atoms with Gasteiger partial charge >= 0.3 is 0 Å². The first-order valence-corrected chi connectivity index (χ1v) is 9.72. The molecule has 4 rings (SSSR count). The fourth-order valence-corrected chi connectivity index (χ4v) is 3.48. The van der Waals surface area contributed by atoms with E-state index in [0.717, 1.165) is 10.8 Å². The second kappa shape index (κ2) is 8.07. The highest BCUT2D eigenvalue weighted by molar-refractivity contribution is 7.14. The highest BCUT2D eigenvalue weighted by Gasteiger charge is 2.12. The topological polar surface area (TPSA) is 96.0 Å². The average molecular weight is 403 g/mol. The van der Waals surface area contributed by atoms with E-state index in [1.54, 1.807) is 35.8 Å². The number of fused-ring (bicyclic) bond motifs is 1. The van der Waals surface area contributed by atoms with Crippen molar-refractivity contribution in [1.29, 1.82) is 0 Å². The summed E-state index contributed by atoms with van der Waals surface area (Å²) in [5.41, 5.74) is 1.59. The van der Waals surface area contributed by atoms with E-state index < -0.39 is 0 Å². The van der Waals surface area contributed by atoms with E-state index in [1.807, 2.05) is 30.3 Å². The molecule has 0 saturated carbocycles. The summed E-state index contributed by atoms with van der Waals surface area (Å²) in [6.07, 6.45) is 1.73. The smallest absolute Gasteiger partial charge is 0.275 e. The molecule has 0 aliphatic rings. The first kappa shape index (κ1) is 18.6. The molecule has 0 aliphatic heterocycles. The summed E-state index contributed by atoms with van der Waals surface area (Å²) < 4.78 is 0. The molecule has 0 radical (unpaired) electrons. The Morgan fingerprint density at radius 2 is 1.66 bits per heavy atom. The van der Waals surface area contributed by atoms with Crippen LogP contribution in [0.1, 0.15) is 17.4 Å². The number of benzene rings is 2.